The molecule has 0 spiro atoms. The van der Waals surface area contributed by atoms with Crippen molar-refractivity contribution < 1.29 is 0 Å². The SMILES string of the molecule is CC1CN(CCC2CCCC2)C(c2ccccc2)CN1. The predicted octanol–water partition coefficient (Wildman–Crippen LogP) is 3.60. The normalized spacial score (nSPS) is 28.9. The maximum Gasteiger partial charge on any atom is 0.0473 e. The van der Waals surface area contributed by atoms with E-state index in [-0.39, 0.29) is 0 Å². The van der Waals surface area contributed by atoms with E-state index < -0.39 is 0 Å². The van der Waals surface area contributed by atoms with Crippen molar-refractivity contribution >= 4 is 0 Å². The van der Waals surface area contributed by atoms with Gasteiger partial charge >= 0.3 is 0 Å². The fourth-order valence-electron chi connectivity index (χ4n) is 3.88. The van der Waals surface area contributed by atoms with Crippen LogP contribution in [0.5, 0.6) is 0 Å². The molecule has 2 aliphatic rings. The summed E-state index contributed by atoms with van der Waals surface area (Å²) in [4.78, 5) is 2.72. The van der Waals surface area contributed by atoms with Gasteiger partial charge in [-0.05, 0) is 31.4 Å². The molecule has 1 N–H and O–H groups in total. The van der Waals surface area contributed by atoms with E-state index in [1.807, 2.05) is 0 Å². The van der Waals surface area contributed by atoms with Crippen LogP contribution < -0.4 is 5.32 Å². The largest absolute Gasteiger partial charge is 0.311 e. The third kappa shape index (κ3) is 3.42. The molecular weight excluding hydrogens is 244 g/mol. The van der Waals surface area contributed by atoms with Crippen LogP contribution in [0.15, 0.2) is 30.3 Å². The third-order valence-electron chi connectivity index (χ3n) is 5.09. The number of hydrogen-bond donors (Lipinski definition) is 1. The molecule has 2 fully saturated rings. The molecule has 2 atom stereocenters. The van der Waals surface area contributed by atoms with E-state index >= 15 is 0 Å². The lowest BCUT2D eigenvalue weighted by Gasteiger charge is -2.40. The van der Waals surface area contributed by atoms with Crippen molar-refractivity contribution in [2.24, 2.45) is 5.92 Å². The summed E-state index contributed by atoms with van der Waals surface area (Å²) < 4.78 is 0. The number of hydrogen-bond acceptors (Lipinski definition) is 2. The lowest BCUT2D eigenvalue weighted by atomic mass is 9.98. The van der Waals surface area contributed by atoms with E-state index in [0.717, 1.165) is 12.5 Å². The third-order valence-corrected chi connectivity index (χ3v) is 5.09. The van der Waals surface area contributed by atoms with Crippen LogP contribution in [-0.4, -0.2) is 30.6 Å². The topological polar surface area (TPSA) is 15.3 Å². The number of nitrogens with one attached hydrogen (secondary N) is 1. The van der Waals surface area contributed by atoms with E-state index in [4.69, 9.17) is 0 Å². The molecule has 20 heavy (non-hydrogen) atoms. The number of nitrogens with zero attached hydrogens (tertiary/aromatic N) is 1. The van der Waals surface area contributed by atoms with E-state index in [1.165, 1.54) is 50.8 Å². The second-order valence-corrected chi connectivity index (χ2v) is 6.67. The Kier molecular flexibility index (Phi) is 4.74. The minimum atomic E-state index is 0.564. The van der Waals surface area contributed by atoms with Crippen molar-refractivity contribution in [2.75, 3.05) is 19.6 Å². The van der Waals surface area contributed by atoms with Gasteiger partial charge in [0.15, 0.2) is 0 Å². The maximum atomic E-state index is 3.65. The standard InChI is InChI=1S/C18H28N2/c1-15-14-20(12-11-16-7-5-6-8-16)18(13-19-15)17-9-3-2-4-10-17/h2-4,9-10,15-16,18-19H,5-8,11-14H2,1H3. The van der Waals surface area contributed by atoms with Gasteiger partial charge in [-0.15, -0.1) is 0 Å². The molecule has 0 aromatic heterocycles. The number of rotatable bonds is 4. The minimum absolute atomic E-state index is 0.564. The molecule has 1 heterocycles. The number of benzene rings is 1. The Balaban J connectivity index is 1.63. The lowest BCUT2D eigenvalue weighted by molar-refractivity contribution is 0.127. The molecule has 3 rings (SSSR count). The molecule has 1 saturated heterocycles. The average Bonchev–Trinajstić information content (AvgIpc) is 2.99. The molecule has 1 aliphatic heterocycles. The highest BCUT2D eigenvalue weighted by Gasteiger charge is 2.27. The monoisotopic (exact) mass is 272 g/mol. The molecule has 0 amide bonds. The van der Waals surface area contributed by atoms with Gasteiger partial charge in [-0.2, -0.15) is 0 Å². The van der Waals surface area contributed by atoms with Gasteiger partial charge in [0, 0.05) is 25.2 Å². The molecule has 2 nitrogen and oxygen atoms in total. The van der Waals surface area contributed by atoms with Crippen LogP contribution >= 0.6 is 0 Å². The summed E-state index contributed by atoms with van der Waals surface area (Å²) in [5.74, 6) is 0.997. The summed E-state index contributed by atoms with van der Waals surface area (Å²) in [6.45, 7) is 5.86. The summed E-state index contributed by atoms with van der Waals surface area (Å²) in [5, 5.41) is 3.65. The van der Waals surface area contributed by atoms with Gasteiger partial charge in [-0.1, -0.05) is 56.0 Å². The summed E-state index contributed by atoms with van der Waals surface area (Å²) >= 11 is 0. The first kappa shape index (κ1) is 14.1. The first-order valence-corrected chi connectivity index (χ1v) is 8.35. The Hall–Kier alpha value is -0.860. The van der Waals surface area contributed by atoms with Gasteiger partial charge < -0.3 is 5.32 Å². The zero-order valence-corrected chi connectivity index (χ0v) is 12.7. The van der Waals surface area contributed by atoms with Crippen molar-refractivity contribution in [1.82, 2.24) is 10.2 Å². The quantitative estimate of drug-likeness (QED) is 0.901. The number of piperazine rings is 1. The van der Waals surface area contributed by atoms with Gasteiger partial charge in [0.05, 0.1) is 0 Å². The van der Waals surface area contributed by atoms with Gasteiger partial charge in [0.2, 0.25) is 0 Å². The van der Waals surface area contributed by atoms with E-state index in [0.29, 0.717) is 12.1 Å². The van der Waals surface area contributed by atoms with Crippen molar-refractivity contribution in [3.63, 3.8) is 0 Å². The summed E-state index contributed by atoms with van der Waals surface area (Å²) in [6.07, 6.45) is 7.26. The molecular formula is C18H28N2. The van der Waals surface area contributed by atoms with Gasteiger partial charge in [-0.25, -0.2) is 0 Å². The highest BCUT2D eigenvalue weighted by Crippen LogP contribution is 2.30. The summed E-state index contributed by atoms with van der Waals surface area (Å²) in [7, 11) is 0. The molecule has 1 aromatic rings. The van der Waals surface area contributed by atoms with Crippen LogP contribution in [0.25, 0.3) is 0 Å². The molecule has 1 aromatic carbocycles. The first-order chi connectivity index (χ1) is 9.83. The lowest BCUT2D eigenvalue weighted by Crippen LogP contribution is -2.51. The molecule has 1 saturated carbocycles. The smallest absolute Gasteiger partial charge is 0.0473 e. The second-order valence-electron chi connectivity index (χ2n) is 6.67. The Bertz CT molecular complexity index is 397. The van der Waals surface area contributed by atoms with E-state index in [9.17, 15) is 0 Å². The molecule has 2 heteroatoms. The highest BCUT2D eigenvalue weighted by molar-refractivity contribution is 5.20. The fourth-order valence-corrected chi connectivity index (χ4v) is 3.88. The molecule has 2 unspecified atom stereocenters. The van der Waals surface area contributed by atoms with Crippen LogP contribution in [0.2, 0.25) is 0 Å². The van der Waals surface area contributed by atoms with Crippen LogP contribution in [0.4, 0.5) is 0 Å². The van der Waals surface area contributed by atoms with Crippen molar-refractivity contribution in [3.05, 3.63) is 35.9 Å². The van der Waals surface area contributed by atoms with Gasteiger partial charge in [0.1, 0.15) is 0 Å². The van der Waals surface area contributed by atoms with Gasteiger partial charge in [-0.3, -0.25) is 4.90 Å². The molecule has 110 valence electrons. The molecule has 1 aliphatic carbocycles. The van der Waals surface area contributed by atoms with Crippen LogP contribution in [-0.2, 0) is 0 Å². The van der Waals surface area contributed by atoms with Crippen LogP contribution in [0.3, 0.4) is 0 Å². The van der Waals surface area contributed by atoms with Crippen LogP contribution in [0, 0.1) is 5.92 Å². The Morgan fingerprint density at radius 3 is 2.65 bits per heavy atom. The minimum Gasteiger partial charge on any atom is -0.311 e. The van der Waals surface area contributed by atoms with Crippen molar-refractivity contribution in [3.8, 4) is 0 Å². The van der Waals surface area contributed by atoms with Crippen LogP contribution in [0.1, 0.15) is 50.6 Å². The molecule has 0 bridgehead atoms. The summed E-state index contributed by atoms with van der Waals surface area (Å²) in [6, 6.07) is 12.2. The van der Waals surface area contributed by atoms with Crippen molar-refractivity contribution in [2.45, 2.75) is 51.1 Å². The van der Waals surface area contributed by atoms with Gasteiger partial charge in [0.25, 0.3) is 0 Å². The Labute approximate surface area is 123 Å². The highest BCUT2D eigenvalue weighted by atomic mass is 15.2. The fraction of sp³-hybridized carbons (Fsp3) is 0.667. The van der Waals surface area contributed by atoms with Crippen molar-refractivity contribution in [1.29, 1.82) is 0 Å². The summed E-state index contributed by atoms with van der Waals surface area (Å²) in [5.41, 5.74) is 1.47. The Morgan fingerprint density at radius 1 is 1.15 bits per heavy atom. The van der Waals surface area contributed by atoms with E-state index in [1.54, 1.807) is 0 Å². The zero-order chi connectivity index (χ0) is 13.8. The Morgan fingerprint density at radius 2 is 1.90 bits per heavy atom. The predicted molar refractivity (Wildman–Crippen MR) is 84.8 cm³/mol. The second kappa shape index (κ2) is 6.73. The maximum absolute atomic E-state index is 3.65. The average molecular weight is 272 g/mol. The molecule has 0 radical (unpaired) electrons. The zero-order valence-electron chi connectivity index (χ0n) is 12.7. The first-order valence-electron chi connectivity index (χ1n) is 8.35. The van der Waals surface area contributed by atoms with E-state index in [2.05, 4.69) is 47.5 Å².